The quantitative estimate of drug-likeness (QED) is 0.846. The van der Waals surface area contributed by atoms with E-state index in [1.54, 1.807) is 0 Å². The van der Waals surface area contributed by atoms with E-state index in [4.69, 9.17) is 0 Å². The van der Waals surface area contributed by atoms with Crippen molar-refractivity contribution in [2.24, 2.45) is 5.41 Å². The fourth-order valence-electron chi connectivity index (χ4n) is 2.29. The molecular weight excluding hydrogens is 273 g/mol. The maximum absolute atomic E-state index is 3.76. The molecule has 1 aromatic carbocycles. The molecule has 1 atom stereocenters. The van der Waals surface area contributed by atoms with Crippen LogP contribution in [0.15, 0.2) is 30.3 Å². The van der Waals surface area contributed by atoms with Crippen LogP contribution < -0.4 is 9.78 Å². The van der Waals surface area contributed by atoms with Crippen LogP contribution in [0.5, 0.6) is 0 Å². The first kappa shape index (κ1) is 13.1. The van der Waals surface area contributed by atoms with E-state index in [1.807, 2.05) is 0 Å². The van der Waals surface area contributed by atoms with Crippen molar-refractivity contribution in [2.75, 3.05) is 6.54 Å². The molecule has 0 aliphatic carbocycles. The zero-order chi connectivity index (χ0) is 12.1. The van der Waals surface area contributed by atoms with E-state index in [2.05, 4.69) is 49.5 Å². The first-order valence-corrected chi connectivity index (χ1v) is 8.64. The molecule has 0 spiro atoms. The van der Waals surface area contributed by atoms with Crippen molar-refractivity contribution < 1.29 is 0 Å². The van der Waals surface area contributed by atoms with Crippen LogP contribution in [0.1, 0.15) is 33.1 Å². The van der Waals surface area contributed by atoms with Crippen LogP contribution in [-0.4, -0.2) is 27.5 Å². The second-order valence-corrected chi connectivity index (χ2v) is 8.05. The Morgan fingerprint density at radius 1 is 1.29 bits per heavy atom. The van der Waals surface area contributed by atoms with Crippen LogP contribution in [0, 0.1) is 5.41 Å². The van der Waals surface area contributed by atoms with E-state index in [0.717, 1.165) is 6.04 Å². The van der Waals surface area contributed by atoms with Gasteiger partial charge in [0.25, 0.3) is 0 Å². The molecule has 0 radical (unpaired) electrons. The van der Waals surface area contributed by atoms with Gasteiger partial charge in [0, 0.05) is 0 Å². The summed E-state index contributed by atoms with van der Waals surface area (Å²) in [6.45, 7) is 5.94. The second kappa shape index (κ2) is 6.04. The van der Waals surface area contributed by atoms with Gasteiger partial charge in [0.1, 0.15) is 0 Å². The standard InChI is InChI=1S/C15H23NSe/c1-15(2)10-6-7-13(16-12-15)11-17-14-8-4-3-5-9-14/h3-5,8-9,13,16H,6-7,10-12H2,1-2H3. The summed E-state index contributed by atoms with van der Waals surface area (Å²) < 4.78 is 1.53. The zero-order valence-electron chi connectivity index (χ0n) is 10.9. The van der Waals surface area contributed by atoms with Gasteiger partial charge >= 0.3 is 111 Å². The van der Waals surface area contributed by atoms with Crippen molar-refractivity contribution in [1.29, 1.82) is 0 Å². The van der Waals surface area contributed by atoms with Crippen LogP contribution in [0.4, 0.5) is 0 Å². The summed E-state index contributed by atoms with van der Waals surface area (Å²) in [5.41, 5.74) is 0.495. The average molecular weight is 296 g/mol. The number of hydrogen-bond donors (Lipinski definition) is 1. The van der Waals surface area contributed by atoms with Crippen LogP contribution in [0.3, 0.4) is 0 Å². The minimum atomic E-state index is 0.495. The zero-order valence-corrected chi connectivity index (χ0v) is 12.6. The predicted molar refractivity (Wildman–Crippen MR) is 76.1 cm³/mol. The normalized spacial score (nSPS) is 24.2. The molecule has 1 nitrogen and oxygen atoms in total. The Labute approximate surface area is 112 Å². The van der Waals surface area contributed by atoms with Gasteiger partial charge in [-0.3, -0.25) is 0 Å². The summed E-state index contributed by atoms with van der Waals surface area (Å²) in [5, 5.41) is 5.10. The van der Waals surface area contributed by atoms with Gasteiger partial charge in [-0.15, -0.1) is 0 Å². The average Bonchev–Trinajstić information content (AvgIpc) is 2.49. The molecule has 1 heterocycles. The Morgan fingerprint density at radius 2 is 2.06 bits per heavy atom. The molecule has 1 aliphatic heterocycles. The summed E-state index contributed by atoms with van der Waals surface area (Å²) in [6.07, 6.45) is 4.11. The molecule has 2 rings (SSSR count). The molecule has 1 aliphatic rings. The number of rotatable bonds is 3. The number of nitrogens with one attached hydrogen (secondary N) is 1. The molecule has 17 heavy (non-hydrogen) atoms. The Morgan fingerprint density at radius 3 is 2.82 bits per heavy atom. The third-order valence-electron chi connectivity index (χ3n) is 3.47. The predicted octanol–water partition coefficient (Wildman–Crippen LogP) is 2.60. The minimum absolute atomic E-state index is 0.495. The Balaban J connectivity index is 1.80. The molecule has 1 unspecified atom stereocenters. The molecule has 94 valence electrons. The van der Waals surface area contributed by atoms with Gasteiger partial charge in [-0.2, -0.15) is 0 Å². The van der Waals surface area contributed by atoms with E-state index in [-0.39, 0.29) is 0 Å². The summed E-state index contributed by atoms with van der Waals surface area (Å²) in [5.74, 6) is 0. The Hall–Kier alpha value is -0.301. The van der Waals surface area contributed by atoms with Crippen molar-refractivity contribution in [1.82, 2.24) is 5.32 Å². The molecule has 0 aromatic heterocycles. The SMILES string of the molecule is CC1(C)CCCC(C[Se]c2ccccc2)NC1. The van der Waals surface area contributed by atoms with Crippen molar-refractivity contribution >= 4 is 19.4 Å². The van der Waals surface area contributed by atoms with Crippen molar-refractivity contribution in [3.05, 3.63) is 30.3 Å². The van der Waals surface area contributed by atoms with Gasteiger partial charge < -0.3 is 0 Å². The Kier molecular flexibility index (Phi) is 4.67. The number of hydrogen-bond acceptors (Lipinski definition) is 1. The third-order valence-corrected chi connectivity index (χ3v) is 5.93. The summed E-state index contributed by atoms with van der Waals surface area (Å²) in [7, 11) is 0. The van der Waals surface area contributed by atoms with E-state index < -0.39 is 0 Å². The van der Waals surface area contributed by atoms with E-state index in [1.165, 1.54) is 35.6 Å². The Bertz CT molecular complexity index is 334. The molecule has 0 bridgehead atoms. The summed E-state index contributed by atoms with van der Waals surface area (Å²) >= 11 is 0.632. The van der Waals surface area contributed by atoms with Crippen molar-refractivity contribution in [3.63, 3.8) is 0 Å². The van der Waals surface area contributed by atoms with E-state index in [9.17, 15) is 0 Å². The molecule has 0 amide bonds. The monoisotopic (exact) mass is 297 g/mol. The second-order valence-electron chi connectivity index (χ2n) is 5.76. The van der Waals surface area contributed by atoms with Crippen LogP contribution in [0.25, 0.3) is 0 Å². The fourth-order valence-corrected chi connectivity index (χ4v) is 4.45. The van der Waals surface area contributed by atoms with Gasteiger partial charge in [0.2, 0.25) is 0 Å². The van der Waals surface area contributed by atoms with Gasteiger partial charge in [0.05, 0.1) is 0 Å². The molecule has 1 saturated heterocycles. The topological polar surface area (TPSA) is 12.0 Å². The first-order valence-electron chi connectivity index (χ1n) is 6.57. The maximum atomic E-state index is 3.76. The third kappa shape index (κ3) is 4.46. The molecule has 2 heteroatoms. The van der Waals surface area contributed by atoms with Crippen molar-refractivity contribution in [3.8, 4) is 0 Å². The van der Waals surface area contributed by atoms with E-state index in [0.29, 0.717) is 20.4 Å². The first-order chi connectivity index (χ1) is 8.16. The van der Waals surface area contributed by atoms with Gasteiger partial charge in [-0.1, -0.05) is 0 Å². The van der Waals surface area contributed by atoms with Crippen LogP contribution in [-0.2, 0) is 0 Å². The fraction of sp³-hybridized carbons (Fsp3) is 0.600. The van der Waals surface area contributed by atoms with Gasteiger partial charge in [0.15, 0.2) is 0 Å². The molecule has 1 fully saturated rings. The molecule has 0 saturated carbocycles. The van der Waals surface area contributed by atoms with Crippen molar-refractivity contribution in [2.45, 2.75) is 44.5 Å². The van der Waals surface area contributed by atoms with Crippen LogP contribution in [0.2, 0.25) is 5.32 Å². The van der Waals surface area contributed by atoms with E-state index >= 15 is 0 Å². The molecular formula is C15H23NSe. The number of benzene rings is 1. The van der Waals surface area contributed by atoms with Gasteiger partial charge in [-0.05, 0) is 0 Å². The summed E-state index contributed by atoms with van der Waals surface area (Å²) in [4.78, 5) is 0. The molecule has 1 aromatic rings. The summed E-state index contributed by atoms with van der Waals surface area (Å²) in [6, 6.07) is 11.7. The van der Waals surface area contributed by atoms with Gasteiger partial charge in [-0.25, -0.2) is 0 Å². The van der Waals surface area contributed by atoms with Crippen LogP contribution >= 0.6 is 0 Å². The molecule has 1 N–H and O–H groups in total.